The highest BCUT2D eigenvalue weighted by Crippen LogP contribution is 2.38. The highest BCUT2D eigenvalue weighted by Gasteiger charge is 2.59. The molecule has 0 aromatic heterocycles. The molecule has 8 saturated heterocycles. The number of amides is 3. The molecule has 0 bridgehead atoms. The van der Waals surface area contributed by atoms with Crippen molar-refractivity contribution in [1.29, 1.82) is 0 Å². The average molecular weight is 1410 g/mol. The van der Waals surface area contributed by atoms with Gasteiger partial charge in [0.1, 0.15) is 183 Å². The van der Waals surface area contributed by atoms with Crippen LogP contribution in [0.1, 0.15) is 34.6 Å². The summed E-state index contributed by atoms with van der Waals surface area (Å²) in [5.41, 5.74) is 0. The van der Waals surface area contributed by atoms with E-state index in [4.69, 9.17) is 71.1 Å². The average Bonchev–Trinajstić information content (AvgIpc) is 0.779. The Kier molecular flexibility index (Phi) is 27.7. The summed E-state index contributed by atoms with van der Waals surface area (Å²) < 4.78 is 87.1. The predicted octanol–water partition coefficient (Wildman–Crippen LogP) is -16.0. The topological polar surface area (TPSA) is 651 Å². The maximum Gasteiger partial charge on any atom is 0.217 e. The number of ether oxygens (including phenoxy) is 15. The van der Waals surface area contributed by atoms with Gasteiger partial charge in [-0.1, -0.05) is 0 Å². The number of nitrogens with one attached hydrogen (secondary N) is 3. The number of carbonyl (C=O) groups excluding carboxylic acids is 3. The van der Waals surface area contributed by atoms with Gasteiger partial charge in [-0.15, -0.1) is 0 Å². The zero-order chi connectivity index (χ0) is 70.8. The van der Waals surface area contributed by atoms with Crippen molar-refractivity contribution in [2.75, 3.05) is 39.6 Å². The van der Waals surface area contributed by atoms with E-state index in [0.29, 0.717) is 0 Å². The Morgan fingerprint density at radius 2 is 0.625 bits per heavy atom. The number of aliphatic hydroxyl groups excluding tert-OH is 21. The number of rotatable bonds is 23. The minimum Gasteiger partial charge on any atom is -0.394 e. The van der Waals surface area contributed by atoms with Crippen molar-refractivity contribution in [3.63, 3.8) is 0 Å². The zero-order valence-electron chi connectivity index (χ0n) is 52.1. The van der Waals surface area contributed by atoms with Crippen molar-refractivity contribution in [2.24, 2.45) is 0 Å². The predicted molar refractivity (Wildman–Crippen MR) is 296 cm³/mol. The first-order valence-corrected chi connectivity index (χ1v) is 30.8. The first-order chi connectivity index (χ1) is 45.3. The van der Waals surface area contributed by atoms with Crippen molar-refractivity contribution in [2.45, 2.75) is 280 Å². The van der Waals surface area contributed by atoms with E-state index < -0.39 is 303 Å². The molecular weight excluding hydrogens is 1310 g/mol. The molecule has 8 rings (SSSR count). The highest BCUT2D eigenvalue weighted by atomic mass is 16.8. The largest absolute Gasteiger partial charge is 0.394 e. The third kappa shape index (κ3) is 17.2. The van der Waals surface area contributed by atoms with Crippen LogP contribution in [0.3, 0.4) is 0 Å². The fourth-order valence-corrected chi connectivity index (χ4v) is 12.4. The maximum absolute atomic E-state index is 12.8. The van der Waals surface area contributed by atoms with Crippen LogP contribution in [-0.2, 0) is 85.4 Å². The number of hydrogen-bond donors (Lipinski definition) is 24. The van der Waals surface area contributed by atoms with Gasteiger partial charge < -0.3 is 194 Å². The van der Waals surface area contributed by atoms with Crippen molar-refractivity contribution < 1.29 is 193 Å². The van der Waals surface area contributed by atoms with E-state index in [-0.39, 0.29) is 0 Å². The molecule has 0 aliphatic carbocycles. The lowest BCUT2D eigenvalue weighted by Crippen LogP contribution is -2.70. The molecule has 8 aliphatic rings. The molecule has 3 amide bonds. The van der Waals surface area contributed by atoms with Crippen LogP contribution in [0.25, 0.3) is 0 Å². The second-order valence-corrected chi connectivity index (χ2v) is 24.6. The lowest BCUT2D eigenvalue weighted by Gasteiger charge is -2.50. The van der Waals surface area contributed by atoms with Crippen molar-refractivity contribution in [3.8, 4) is 0 Å². The van der Waals surface area contributed by atoms with Crippen molar-refractivity contribution >= 4 is 17.7 Å². The first kappa shape index (κ1) is 78.7. The smallest absolute Gasteiger partial charge is 0.217 e. The molecule has 0 radical (unpaired) electrons. The molecule has 8 heterocycles. The van der Waals surface area contributed by atoms with Crippen LogP contribution < -0.4 is 16.0 Å². The van der Waals surface area contributed by atoms with Crippen LogP contribution in [0.4, 0.5) is 0 Å². The molecule has 0 aromatic carbocycles. The molecule has 0 spiro atoms. The Bertz CT molecular complexity index is 2480. The zero-order valence-corrected chi connectivity index (χ0v) is 52.1. The van der Waals surface area contributed by atoms with Gasteiger partial charge in [-0.05, 0) is 13.8 Å². The molecule has 24 N–H and O–H groups in total. The number of carbonyl (C=O) groups is 3. The molecule has 1 unspecified atom stereocenters. The van der Waals surface area contributed by atoms with E-state index >= 15 is 0 Å². The standard InChI is InChI=1S/C54H91N3O39/c1-12-26(65)34(73)38(77)50(84-12)82-11-22-44(31(70)23(47(81)86-22)55-14(3)62)92-48-24(56-15(4)63)32(71)42(19(8-60)89-48)93-52-40(79)36(75)29(68)21(91-52)10-83-54-46(37(76)28(67)17(6-58)88-54)96-49-25(57-16(5)64)33(72)43(20(9-61)90-49)94-53-41(80)45(30(69)18(7-59)87-53)95-51-39(78)35(74)27(66)13(2)85-51/h12-13,17-54,58-61,65-81H,6-11H2,1-5H3,(H,55,62)(H,56,63)(H,57,64)/t12-,13-,17+,18+,19+,20+,21+,22+,23+,24+,25+,26+,27+,28+,29+,30-,31+,32+,33+,34+,35+,36-,37-,38-,39-,40-,41+,42+,43+,44+,45-,46-,47?,48-,49-,50+,51-,52-,53-,54-/m0/s1. The van der Waals surface area contributed by atoms with Gasteiger partial charge in [-0.2, -0.15) is 0 Å². The molecule has 96 heavy (non-hydrogen) atoms. The normalized spacial score (nSPS) is 50.3. The van der Waals surface area contributed by atoms with Crippen LogP contribution in [0.5, 0.6) is 0 Å². The summed E-state index contributed by atoms with van der Waals surface area (Å²) in [6.45, 7) is -0.205. The highest BCUT2D eigenvalue weighted by molar-refractivity contribution is 5.74. The van der Waals surface area contributed by atoms with Crippen molar-refractivity contribution in [1.82, 2.24) is 16.0 Å². The number of hydrogen-bond acceptors (Lipinski definition) is 39. The van der Waals surface area contributed by atoms with Crippen LogP contribution in [0, 0.1) is 0 Å². The van der Waals surface area contributed by atoms with Gasteiger partial charge >= 0.3 is 0 Å². The Morgan fingerprint density at radius 1 is 0.292 bits per heavy atom. The summed E-state index contributed by atoms with van der Waals surface area (Å²) in [5.74, 6) is -2.53. The fourth-order valence-electron chi connectivity index (χ4n) is 12.4. The van der Waals surface area contributed by atoms with Gasteiger partial charge in [0.25, 0.3) is 0 Å². The third-order valence-corrected chi connectivity index (χ3v) is 17.7. The summed E-state index contributed by atoms with van der Waals surface area (Å²) in [4.78, 5) is 37.8. The van der Waals surface area contributed by atoms with E-state index in [0.717, 1.165) is 20.8 Å². The van der Waals surface area contributed by atoms with E-state index in [9.17, 15) is 122 Å². The quantitative estimate of drug-likeness (QED) is 0.0452. The molecule has 42 heteroatoms. The SMILES string of the molecule is CC(=O)N[C@H]1[C@H](O[C@H]2[C@H](O)[C@@H](NC(C)=O)C(O)O[C@@H]2CO[C@@H]2O[C@@H](C)[C@@H](O)[C@@H](O)[C@@H]2O)O[C@H](CO)[C@@H](O[C@@H]2O[C@H](CO[C@H]3O[C@H](CO)[C@@H](O)[C@H](O)[C@@H]3O[C@@H]3O[C@H](CO)[C@@H](O[C@@H]4O[C@H](CO)[C@H](O)[C@H](O[C@@H]5O[C@@H](C)[C@@H](O)[C@@H](O)[C@@H]5O)[C@H]4O)[C@H](O)[C@H]3NC(C)=O)[C@@H](O)[C@H](O)[C@@H]2O)[C@@H]1O. The van der Waals surface area contributed by atoms with E-state index in [2.05, 4.69) is 16.0 Å². The third-order valence-electron chi connectivity index (χ3n) is 17.7. The van der Waals surface area contributed by atoms with Gasteiger partial charge in [-0.25, -0.2) is 0 Å². The molecular formula is C54H91N3O39. The fraction of sp³-hybridized carbons (Fsp3) is 0.944. The van der Waals surface area contributed by atoms with Gasteiger partial charge in [0.05, 0.1) is 51.8 Å². The van der Waals surface area contributed by atoms with Gasteiger partial charge in [-0.3, -0.25) is 14.4 Å². The van der Waals surface area contributed by atoms with Crippen LogP contribution in [0.2, 0.25) is 0 Å². The molecule has 42 nitrogen and oxygen atoms in total. The Morgan fingerprint density at radius 3 is 1.12 bits per heavy atom. The minimum absolute atomic E-state index is 0.751. The first-order valence-electron chi connectivity index (χ1n) is 30.8. The summed E-state index contributed by atoms with van der Waals surface area (Å²) in [7, 11) is 0. The summed E-state index contributed by atoms with van der Waals surface area (Å²) >= 11 is 0. The lowest BCUT2D eigenvalue weighted by atomic mass is 9.94. The summed E-state index contributed by atoms with van der Waals surface area (Å²) in [5, 5.41) is 237. The second-order valence-electron chi connectivity index (χ2n) is 24.6. The molecule has 8 aliphatic heterocycles. The van der Waals surface area contributed by atoms with Crippen LogP contribution in [-0.4, -0.2) is 410 Å². The van der Waals surface area contributed by atoms with Crippen LogP contribution >= 0.6 is 0 Å². The van der Waals surface area contributed by atoms with E-state index in [1.54, 1.807) is 0 Å². The molecule has 8 fully saturated rings. The summed E-state index contributed by atoms with van der Waals surface area (Å²) in [6, 6.07) is -5.30. The van der Waals surface area contributed by atoms with Gasteiger partial charge in [0.2, 0.25) is 17.7 Å². The Balaban J connectivity index is 0.973. The minimum atomic E-state index is -2.24. The Labute approximate surface area is 545 Å². The maximum atomic E-state index is 12.8. The van der Waals surface area contributed by atoms with Gasteiger partial charge in [0.15, 0.2) is 50.3 Å². The monoisotopic (exact) mass is 1410 g/mol. The molecule has 0 saturated carbocycles. The number of aliphatic hydroxyl groups is 21. The molecule has 40 atom stereocenters. The van der Waals surface area contributed by atoms with E-state index in [1.165, 1.54) is 13.8 Å². The second kappa shape index (κ2) is 33.8. The lowest BCUT2D eigenvalue weighted by molar-refractivity contribution is -0.386. The van der Waals surface area contributed by atoms with Crippen molar-refractivity contribution in [3.05, 3.63) is 0 Å². The van der Waals surface area contributed by atoms with Crippen LogP contribution in [0.15, 0.2) is 0 Å². The molecule has 556 valence electrons. The molecule has 0 aromatic rings. The van der Waals surface area contributed by atoms with E-state index in [1.807, 2.05) is 0 Å². The summed E-state index contributed by atoms with van der Waals surface area (Å²) in [6.07, 6.45) is -69.4. The Hall–Kier alpha value is -3.03. The van der Waals surface area contributed by atoms with Gasteiger partial charge in [0, 0.05) is 20.8 Å².